The van der Waals surface area contributed by atoms with E-state index < -0.39 is 0 Å². The van der Waals surface area contributed by atoms with Crippen molar-refractivity contribution in [3.05, 3.63) is 46.1 Å². The number of morpholine rings is 1. The molecule has 1 aromatic heterocycles. The highest BCUT2D eigenvalue weighted by Crippen LogP contribution is 2.34. The first-order valence-electron chi connectivity index (χ1n) is 9.10. The van der Waals surface area contributed by atoms with Crippen LogP contribution in [0.3, 0.4) is 0 Å². The van der Waals surface area contributed by atoms with Crippen molar-refractivity contribution in [1.29, 1.82) is 0 Å². The Kier molecular flexibility index (Phi) is 5.75. The van der Waals surface area contributed by atoms with Crippen molar-refractivity contribution < 1.29 is 13.9 Å². The van der Waals surface area contributed by atoms with E-state index in [4.69, 9.17) is 9.72 Å². The predicted octanol–water partition coefficient (Wildman–Crippen LogP) is 2.36. The molecular formula is C19H20FN3O3S2. The van der Waals surface area contributed by atoms with Crippen LogP contribution in [-0.4, -0.2) is 57.7 Å². The summed E-state index contributed by atoms with van der Waals surface area (Å²) in [5.41, 5.74) is 1.16. The summed E-state index contributed by atoms with van der Waals surface area (Å²) >= 11 is 2.76. The monoisotopic (exact) mass is 421 g/mol. The molecule has 6 nitrogen and oxygen atoms in total. The lowest BCUT2D eigenvalue weighted by Gasteiger charge is -2.26. The number of hydrogen-bond acceptors (Lipinski definition) is 6. The highest BCUT2D eigenvalue weighted by atomic mass is 32.2. The number of amides is 1. The third kappa shape index (κ3) is 3.97. The SMILES string of the molecule is CC1Cc2nc(SCC(=O)N3CCOCC3)n(-c3ccc(F)cc3)c(=O)c2S1. The number of rotatable bonds is 4. The number of benzene rings is 1. The topological polar surface area (TPSA) is 64.4 Å². The van der Waals surface area contributed by atoms with Crippen LogP contribution in [0.15, 0.2) is 39.1 Å². The van der Waals surface area contributed by atoms with Gasteiger partial charge in [0.1, 0.15) is 5.82 Å². The fourth-order valence-corrected chi connectivity index (χ4v) is 5.27. The Morgan fingerprint density at radius 3 is 2.75 bits per heavy atom. The van der Waals surface area contributed by atoms with E-state index in [0.717, 1.165) is 12.1 Å². The maximum atomic E-state index is 13.4. The summed E-state index contributed by atoms with van der Waals surface area (Å²) in [6, 6.07) is 5.75. The molecule has 0 saturated carbocycles. The zero-order valence-electron chi connectivity index (χ0n) is 15.4. The number of thioether (sulfide) groups is 2. The van der Waals surface area contributed by atoms with Gasteiger partial charge < -0.3 is 9.64 Å². The minimum Gasteiger partial charge on any atom is -0.378 e. The summed E-state index contributed by atoms with van der Waals surface area (Å²) in [6.45, 7) is 4.31. The number of carbonyl (C=O) groups is 1. The van der Waals surface area contributed by atoms with E-state index in [1.807, 2.05) is 0 Å². The normalized spacial score (nSPS) is 18.9. The van der Waals surface area contributed by atoms with Crippen LogP contribution < -0.4 is 5.56 Å². The Bertz CT molecular complexity index is 943. The molecule has 2 aromatic rings. The summed E-state index contributed by atoms with van der Waals surface area (Å²) < 4.78 is 20.1. The Hall–Kier alpha value is -1.84. The van der Waals surface area contributed by atoms with Crippen molar-refractivity contribution in [1.82, 2.24) is 14.5 Å². The van der Waals surface area contributed by atoms with Crippen molar-refractivity contribution in [2.45, 2.75) is 28.6 Å². The highest BCUT2D eigenvalue weighted by Gasteiger charge is 2.27. The number of halogens is 1. The van der Waals surface area contributed by atoms with Crippen molar-refractivity contribution in [2.24, 2.45) is 0 Å². The molecule has 9 heteroatoms. The van der Waals surface area contributed by atoms with Crippen LogP contribution in [0.2, 0.25) is 0 Å². The van der Waals surface area contributed by atoms with E-state index >= 15 is 0 Å². The standard InChI is InChI=1S/C19H20FN3O3S2/c1-12-10-15-17(28-12)18(25)23(14-4-2-13(20)3-5-14)19(21-15)27-11-16(24)22-6-8-26-9-7-22/h2-5,12H,6-11H2,1H3. The highest BCUT2D eigenvalue weighted by molar-refractivity contribution is 8.00. The van der Waals surface area contributed by atoms with Crippen LogP contribution in [0, 0.1) is 5.82 Å². The molecule has 1 atom stereocenters. The van der Waals surface area contributed by atoms with Crippen LogP contribution in [0.25, 0.3) is 5.69 Å². The van der Waals surface area contributed by atoms with Gasteiger partial charge in [0.25, 0.3) is 5.56 Å². The van der Waals surface area contributed by atoms with E-state index in [1.54, 1.807) is 17.0 Å². The first kappa shape index (κ1) is 19.5. The van der Waals surface area contributed by atoms with Crippen LogP contribution in [0.5, 0.6) is 0 Å². The maximum absolute atomic E-state index is 13.4. The van der Waals surface area contributed by atoms with Crippen molar-refractivity contribution >= 4 is 29.4 Å². The molecule has 0 aliphatic carbocycles. The summed E-state index contributed by atoms with van der Waals surface area (Å²) in [6.07, 6.45) is 0.727. The van der Waals surface area contributed by atoms with Crippen molar-refractivity contribution in [3.8, 4) is 5.69 Å². The first-order chi connectivity index (χ1) is 13.5. The quantitative estimate of drug-likeness (QED) is 0.558. The summed E-state index contributed by atoms with van der Waals surface area (Å²) in [5, 5.41) is 0.749. The molecule has 1 fully saturated rings. The van der Waals surface area contributed by atoms with Gasteiger partial charge in [-0.25, -0.2) is 9.37 Å². The zero-order chi connectivity index (χ0) is 19.7. The van der Waals surface area contributed by atoms with Crippen LogP contribution in [0.1, 0.15) is 12.6 Å². The number of carbonyl (C=O) groups excluding carboxylic acids is 1. The summed E-state index contributed by atoms with van der Waals surface area (Å²) in [5.74, 6) is -0.183. The van der Waals surface area contributed by atoms with Gasteiger partial charge in [-0.3, -0.25) is 14.2 Å². The van der Waals surface area contributed by atoms with Crippen molar-refractivity contribution in [2.75, 3.05) is 32.1 Å². The second-order valence-electron chi connectivity index (χ2n) is 6.70. The molecule has 148 valence electrons. The molecular weight excluding hydrogens is 401 g/mol. The van der Waals surface area contributed by atoms with E-state index in [2.05, 4.69) is 6.92 Å². The molecule has 1 saturated heterocycles. The second kappa shape index (κ2) is 8.26. The van der Waals surface area contributed by atoms with Gasteiger partial charge in [0.15, 0.2) is 5.16 Å². The number of ether oxygens (including phenoxy) is 1. The second-order valence-corrected chi connectivity index (χ2v) is 9.09. The minimum absolute atomic E-state index is 0.00329. The average molecular weight is 422 g/mol. The lowest BCUT2D eigenvalue weighted by molar-refractivity contribution is -0.132. The molecule has 1 aromatic carbocycles. The number of nitrogens with zero attached hydrogens (tertiary/aromatic N) is 3. The fourth-order valence-electron chi connectivity index (χ4n) is 3.24. The molecule has 4 rings (SSSR count). The van der Waals surface area contributed by atoms with Gasteiger partial charge in [-0.15, -0.1) is 11.8 Å². The Labute approximate surface area is 170 Å². The van der Waals surface area contributed by atoms with Gasteiger partial charge in [0.05, 0.1) is 35.2 Å². The largest absolute Gasteiger partial charge is 0.378 e. The van der Waals surface area contributed by atoms with Gasteiger partial charge in [-0.1, -0.05) is 18.7 Å². The smallest absolute Gasteiger partial charge is 0.272 e. The molecule has 0 spiro atoms. The first-order valence-corrected chi connectivity index (χ1v) is 11.0. The van der Waals surface area contributed by atoms with E-state index in [1.165, 1.54) is 40.2 Å². The van der Waals surface area contributed by atoms with E-state index in [9.17, 15) is 14.0 Å². The van der Waals surface area contributed by atoms with Gasteiger partial charge in [0.2, 0.25) is 5.91 Å². The van der Waals surface area contributed by atoms with Crippen LogP contribution in [-0.2, 0) is 16.0 Å². The maximum Gasteiger partial charge on any atom is 0.272 e. The zero-order valence-corrected chi connectivity index (χ0v) is 17.0. The lowest BCUT2D eigenvalue weighted by atomic mass is 10.2. The average Bonchev–Trinajstić information content (AvgIpc) is 3.08. The third-order valence-corrected chi connectivity index (χ3v) is 6.79. The molecule has 2 aliphatic rings. The molecule has 28 heavy (non-hydrogen) atoms. The molecule has 2 aliphatic heterocycles. The number of aromatic nitrogens is 2. The fraction of sp³-hybridized carbons (Fsp3) is 0.421. The number of hydrogen-bond donors (Lipinski definition) is 0. The predicted molar refractivity (Wildman–Crippen MR) is 107 cm³/mol. The summed E-state index contributed by atoms with van der Waals surface area (Å²) in [4.78, 5) is 32.8. The lowest BCUT2D eigenvalue weighted by Crippen LogP contribution is -2.41. The van der Waals surface area contributed by atoms with E-state index in [-0.39, 0.29) is 28.3 Å². The third-order valence-electron chi connectivity index (χ3n) is 4.65. The van der Waals surface area contributed by atoms with Crippen molar-refractivity contribution in [3.63, 3.8) is 0 Å². The molecule has 0 N–H and O–H groups in total. The van der Waals surface area contributed by atoms with Crippen LogP contribution in [0.4, 0.5) is 4.39 Å². The molecule has 0 bridgehead atoms. The molecule has 0 radical (unpaired) electrons. The Morgan fingerprint density at radius 2 is 2.04 bits per heavy atom. The molecule has 1 amide bonds. The van der Waals surface area contributed by atoms with E-state index in [0.29, 0.717) is 42.0 Å². The van der Waals surface area contributed by atoms with Gasteiger partial charge in [-0.05, 0) is 24.3 Å². The van der Waals surface area contributed by atoms with Crippen LogP contribution >= 0.6 is 23.5 Å². The summed E-state index contributed by atoms with van der Waals surface area (Å²) in [7, 11) is 0. The Morgan fingerprint density at radius 1 is 1.32 bits per heavy atom. The number of fused-ring (bicyclic) bond motifs is 1. The molecule has 3 heterocycles. The Balaban J connectivity index is 1.66. The van der Waals surface area contributed by atoms with Gasteiger partial charge in [0, 0.05) is 24.8 Å². The molecule has 1 unspecified atom stereocenters. The minimum atomic E-state index is -0.370. The van der Waals surface area contributed by atoms with Gasteiger partial charge in [-0.2, -0.15) is 0 Å². The van der Waals surface area contributed by atoms with Gasteiger partial charge >= 0.3 is 0 Å².